The van der Waals surface area contributed by atoms with Gasteiger partial charge in [0.05, 0.1) is 12.6 Å². The van der Waals surface area contributed by atoms with Crippen LogP contribution in [-0.4, -0.2) is 32.4 Å². The van der Waals surface area contributed by atoms with Gasteiger partial charge in [0, 0.05) is 25.1 Å². The van der Waals surface area contributed by atoms with Gasteiger partial charge in [-0.2, -0.15) is 17.4 Å². The van der Waals surface area contributed by atoms with Crippen molar-refractivity contribution in [2.75, 3.05) is 19.7 Å². The molecule has 1 heterocycles. The van der Waals surface area contributed by atoms with Crippen molar-refractivity contribution in [2.45, 2.75) is 26.3 Å². The van der Waals surface area contributed by atoms with Crippen molar-refractivity contribution in [1.29, 1.82) is 0 Å². The Morgan fingerprint density at radius 2 is 2.00 bits per heavy atom. The number of nitrogens with zero attached hydrogens (tertiary/aromatic N) is 1. The van der Waals surface area contributed by atoms with Crippen LogP contribution in [0.2, 0.25) is 0 Å². The number of nitrogens with one attached hydrogen (secondary N) is 1. The van der Waals surface area contributed by atoms with Crippen molar-refractivity contribution in [3.8, 4) is 5.75 Å². The van der Waals surface area contributed by atoms with E-state index < -0.39 is 10.2 Å². The molecule has 0 aliphatic carbocycles. The number of benzene rings is 1. The van der Waals surface area contributed by atoms with Crippen LogP contribution >= 0.6 is 0 Å². The molecule has 1 aromatic rings. The van der Waals surface area contributed by atoms with Crippen LogP contribution in [0.15, 0.2) is 24.3 Å². The van der Waals surface area contributed by atoms with Crippen LogP contribution in [0.5, 0.6) is 5.75 Å². The molecule has 0 saturated carbocycles. The summed E-state index contributed by atoms with van der Waals surface area (Å²) >= 11 is 0. The Balaban J connectivity index is 2.21. The Labute approximate surface area is 114 Å². The average molecular weight is 284 g/mol. The lowest BCUT2D eigenvalue weighted by Crippen LogP contribution is -2.43. The Bertz CT molecular complexity index is 526. The van der Waals surface area contributed by atoms with Crippen LogP contribution in [0.3, 0.4) is 0 Å². The molecule has 1 atom stereocenters. The fourth-order valence-electron chi connectivity index (χ4n) is 2.28. The van der Waals surface area contributed by atoms with E-state index in [4.69, 9.17) is 4.74 Å². The van der Waals surface area contributed by atoms with Gasteiger partial charge in [0.2, 0.25) is 0 Å². The van der Waals surface area contributed by atoms with E-state index in [0.717, 1.165) is 11.3 Å². The highest BCUT2D eigenvalue weighted by molar-refractivity contribution is 7.87. The number of fused-ring (bicyclic) bond motifs is 1. The second-order valence-electron chi connectivity index (χ2n) is 4.43. The second-order valence-corrected chi connectivity index (χ2v) is 6.14. The van der Waals surface area contributed by atoms with Crippen LogP contribution in [0.1, 0.15) is 31.9 Å². The quantitative estimate of drug-likeness (QED) is 0.895. The third-order valence-electron chi connectivity index (χ3n) is 3.30. The molecule has 106 valence electrons. The summed E-state index contributed by atoms with van der Waals surface area (Å²) in [5.74, 6) is 0.765. The first-order chi connectivity index (χ1) is 9.08. The number of ether oxygens (including phenoxy) is 1. The summed E-state index contributed by atoms with van der Waals surface area (Å²) in [6.45, 7) is 5.14. The molecule has 0 saturated heterocycles. The van der Waals surface area contributed by atoms with Gasteiger partial charge in [-0.1, -0.05) is 32.0 Å². The summed E-state index contributed by atoms with van der Waals surface area (Å²) in [4.78, 5) is 0. The molecule has 0 spiro atoms. The maximum atomic E-state index is 12.2. The fraction of sp³-hybridized carbons (Fsp3) is 0.538. The lowest BCUT2D eigenvalue weighted by Gasteiger charge is -2.28. The maximum Gasteiger partial charge on any atom is 0.279 e. The van der Waals surface area contributed by atoms with Gasteiger partial charge < -0.3 is 4.74 Å². The lowest BCUT2D eigenvalue weighted by atomic mass is 10.0. The molecular weight excluding hydrogens is 264 g/mol. The molecule has 0 bridgehead atoms. The van der Waals surface area contributed by atoms with Crippen LogP contribution < -0.4 is 9.46 Å². The molecule has 0 amide bonds. The van der Waals surface area contributed by atoms with Gasteiger partial charge in [0.25, 0.3) is 10.2 Å². The molecule has 1 aromatic carbocycles. The van der Waals surface area contributed by atoms with Crippen LogP contribution in [0.25, 0.3) is 0 Å². The molecule has 0 fully saturated rings. The normalized spacial score (nSPS) is 19.0. The topological polar surface area (TPSA) is 58.6 Å². The van der Waals surface area contributed by atoms with Gasteiger partial charge in [-0.3, -0.25) is 0 Å². The molecule has 0 aromatic heterocycles. The minimum atomic E-state index is -3.44. The molecule has 5 nitrogen and oxygen atoms in total. The van der Waals surface area contributed by atoms with E-state index in [1.807, 2.05) is 38.1 Å². The van der Waals surface area contributed by atoms with Gasteiger partial charge in [-0.15, -0.1) is 0 Å². The first kappa shape index (κ1) is 14.3. The van der Waals surface area contributed by atoms with Crippen molar-refractivity contribution < 1.29 is 13.2 Å². The third-order valence-corrected chi connectivity index (χ3v) is 5.07. The highest BCUT2D eigenvalue weighted by atomic mass is 32.2. The van der Waals surface area contributed by atoms with Crippen molar-refractivity contribution in [3.05, 3.63) is 29.8 Å². The number of hydrogen-bond donors (Lipinski definition) is 1. The summed E-state index contributed by atoms with van der Waals surface area (Å²) in [6.07, 6.45) is 0.650. The van der Waals surface area contributed by atoms with Crippen LogP contribution in [0.4, 0.5) is 0 Å². The molecule has 2 rings (SSSR count). The Hall–Kier alpha value is -1.11. The highest BCUT2D eigenvalue weighted by Gasteiger charge is 2.28. The fourth-order valence-corrected chi connectivity index (χ4v) is 3.72. The molecule has 1 N–H and O–H groups in total. The monoisotopic (exact) mass is 284 g/mol. The Kier molecular flexibility index (Phi) is 4.44. The maximum absolute atomic E-state index is 12.2. The zero-order valence-electron chi connectivity index (χ0n) is 11.3. The van der Waals surface area contributed by atoms with E-state index in [1.165, 1.54) is 4.31 Å². The van der Waals surface area contributed by atoms with Crippen molar-refractivity contribution in [3.63, 3.8) is 0 Å². The zero-order chi connectivity index (χ0) is 13.9. The van der Waals surface area contributed by atoms with Gasteiger partial charge in [0.1, 0.15) is 5.75 Å². The van der Waals surface area contributed by atoms with Crippen molar-refractivity contribution in [2.24, 2.45) is 0 Å². The molecule has 1 unspecified atom stereocenters. The number of para-hydroxylation sites is 1. The standard InChI is InChI=1S/C13H20N2O3S/c1-3-15(4-2)19(16,17)14-12-9-10-18-13-8-6-5-7-11(12)13/h5-8,12,14H,3-4,9-10H2,1-2H3. The van der Waals surface area contributed by atoms with Gasteiger partial charge in [0.15, 0.2) is 0 Å². The Morgan fingerprint density at radius 1 is 1.32 bits per heavy atom. The largest absolute Gasteiger partial charge is 0.493 e. The van der Waals surface area contributed by atoms with Crippen LogP contribution in [-0.2, 0) is 10.2 Å². The molecule has 1 aliphatic rings. The zero-order valence-corrected chi connectivity index (χ0v) is 12.1. The van der Waals surface area contributed by atoms with E-state index in [2.05, 4.69) is 4.72 Å². The van der Waals surface area contributed by atoms with Gasteiger partial charge in [-0.05, 0) is 6.07 Å². The predicted molar refractivity (Wildman–Crippen MR) is 74.3 cm³/mol. The van der Waals surface area contributed by atoms with E-state index >= 15 is 0 Å². The molecule has 1 aliphatic heterocycles. The lowest BCUT2D eigenvalue weighted by molar-refractivity contribution is 0.261. The van der Waals surface area contributed by atoms with Crippen LogP contribution in [0, 0.1) is 0 Å². The first-order valence-corrected chi connectivity index (χ1v) is 8.01. The van der Waals surface area contributed by atoms with Crippen molar-refractivity contribution in [1.82, 2.24) is 9.03 Å². The number of rotatable bonds is 5. The van der Waals surface area contributed by atoms with E-state index in [0.29, 0.717) is 26.1 Å². The summed E-state index contributed by atoms with van der Waals surface area (Å²) in [5.41, 5.74) is 0.907. The number of hydrogen-bond acceptors (Lipinski definition) is 3. The summed E-state index contributed by atoms with van der Waals surface area (Å²) in [6, 6.07) is 7.35. The summed E-state index contributed by atoms with van der Waals surface area (Å²) in [5, 5.41) is 0. The first-order valence-electron chi connectivity index (χ1n) is 6.57. The van der Waals surface area contributed by atoms with Crippen molar-refractivity contribution >= 4 is 10.2 Å². The Morgan fingerprint density at radius 3 is 2.68 bits per heavy atom. The second kappa shape index (κ2) is 5.90. The summed E-state index contributed by atoms with van der Waals surface area (Å²) < 4.78 is 34.2. The van der Waals surface area contributed by atoms with E-state index in [-0.39, 0.29) is 6.04 Å². The van der Waals surface area contributed by atoms with E-state index in [1.54, 1.807) is 0 Å². The molecule has 19 heavy (non-hydrogen) atoms. The SMILES string of the molecule is CCN(CC)S(=O)(=O)NC1CCOc2ccccc21. The van der Waals surface area contributed by atoms with Gasteiger partial charge >= 0.3 is 0 Å². The average Bonchev–Trinajstić information content (AvgIpc) is 2.40. The van der Waals surface area contributed by atoms with Gasteiger partial charge in [-0.25, -0.2) is 0 Å². The molecular formula is C13H20N2O3S. The summed E-state index contributed by atoms with van der Waals surface area (Å²) in [7, 11) is -3.44. The molecule has 6 heteroatoms. The van der Waals surface area contributed by atoms with E-state index in [9.17, 15) is 8.42 Å². The third kappa shape index (κ3) is 3.08. The minimum Gasteiger partial charge on any atom is -0.493 e. The highest BCUT2D eigenvalue weighted by Crippen LogP contribution is 2.32. The predicted octanol–water partition coefficient (Wildman–Crippen LogP) is 1.69. The molecule has 0 radical (unpaired) electrons. The smallest absolute Gasteiger partial charge is 0.279 e. The minimum absolute atomic E-state index is 0.212.